The molecule has 2 aromatic carbocycles. The van der Waals surface area contributed by atoms with E-state index >= 15 is 0 Å². The number of hydrogen-bond acceptors (Lipinski definition) is 4. The Morgan fingerprint density at radius 1 is 1.11 bits per heavy atom. The molecule has 2 amide bonds. The molecule has 1 aliphatic heterocycles. The number of thioether (sulfide) groups is 1. The molecule has 0 radical (unpaired) electrons. The first kappa shape index (κ1) is 20.3. The first-order valence-corrected chi connectivity index (χ1v) is 10.6. The summed E-state index contributed by atoms with van der Waals surface area (Å²) in [5.41, 5.74) is 3.56. The minimum absolute atomic E-state index is 0.0344. The van der Waals surface area contributed by atoms with Gasteiger partial charge in [0.2, 0.25) is 5.91 Å². The second-order valence-electron chi connectivity index (χ2n) is 6.80. The highest BCUT2D eigenvalue weighted by Gasteiger charge is 2.23. The number of alkyl carbamates (subject to hydrolysis) is 1. The third-order valence-corrected chi connectivity index (χ3v) is 6.14. The number of carbonyl (C=O) groups is 2. The zero-order valence-corrected chi connectivity index (χ0v) is 16.9. The van der Waals surface area contributed by atoms with Gasteiger partial charge in [0.15, 0.2) is 0 Å². The number of ether oxygens (including phenoxy) is 1. The van der Waals surface area contributed by atoms with Crippen LogP contribution < -0.4 is 5.32 Å². The summed E-state index contributed by atoms with van der Waals surface area (Å²) in [4.78, 5) is 26.2. The third-order valence-electron chi connectivity index (χ3n) is 4.83. The fourth-order valence-corrected chi connectivity index (χ4v) is 4.58. The van der Waals surface area contributed by atoms with Crippen molar-refractivity contribution in [1.29, 1.82) is 0 Å². The number of aryl methyl sites for hydroxylation is 1. The lowest BCUT2D eigenvalue weighted by Gasteiger charge is -2.21. The summed E-state index contributed by atoms with van der Waals surface area (Å²) < 4.78 is 5.15. The molecule has 1 saturated heterocycles. The molecule has 1 fully saturated rings. The molecule has 1 atom stereocenters. The lowest BCUT2D eigenvalue weighted by Crippen LogP contribution is -2.41. The predicted molar refractivity (Wildman–Crippen MR) is 112 cm³/mol. The van der Waals surface area contributed by atoms with Crippen LogP contribution in [-0.2, 0) is 16.1 Å². The van der Waals surface area contributed by atoms with Crippen molar-refractivity contribution in [3.05, 3.63) is 71.3 Å². The lowest BCUT2D eigenvalue weighted by molar-refractivity contribution is -0.129. The molecule has 3 rings (SSSR count). The van der Waals surface area contributed by atoms with Crippen molar-refractivity contribution in [2.75, 3.05) is 25.4 Å². The molecule has 0 saturated carbocycles. The van der Waals surface area contributed by atoms with Crippen LogP contribution in [0.3, 0.4) is 0 Å². The second-order valence-corrected chi connectivity index (χ2v) is 8.11. The Morgan fingerprint density at radius 3 is 2.64 bits per heavy atom. The van der Waals surface area contributed by atoms with Gasteiger partial charge in [-0.15, -0.1) is 0 Å². The molecule has 0 bridgehead atoms. The van der Waals surface area contributed by atoms with Crippen molar-refractivity contribution in [3.63, 3.8) is 0 Å². The summed E-state index contributed by atoms with van der Waals surface area (Å²) in [5.74, 6) is 0.825. The Bertz CT molecular complexity index is 797. The Labute approximate surface area is 170 Å². The van der Waals surface area contributed by atoms with Crippen LogP contribution in [-0.4, -0.2) is 42.3 Å². The number of amides is 2. The van der Waals surface area contributed by atoms with E-state index in [1.165, 1.54) is 11.1 Å². The maximum atomic E-state index is 12.5. The number of nitrogens with one attached hydrogen (secondary N) is 1. The lowest BCUT2D eigenvalue weighted by atomic mass is 10.0. The average Bonchev–Trinajstić information content (AvgIpc) is 2.98. The van der Waals surface area contributed by atoms with E-state index in [2.05, 4.69) is 36.5 Å². The topological polar surface area (TPSA) is 58.6 Å². The van der Waals surface area contributed by atoms with Crippen molar-refractivity contribution < 1.29 is 14.3 Å². The van der Waals surface area contributed by atoms with Crippen LogP contribution in [0.15, 0.2) is 54.6 Å². The van der Waals surface area contributed by atoms with Gasteiger partial charge in [-0.1, -0.05) is 54.6 Å². The smallest absolute Gasteiger partial charge is 0.407 e. The fraction of sp³-hybridized carbons (Fsp3) is 0.364. The minimum Gasteiger partial charge on any atom is -0.445 e. The van der Waals surface area contributed by atoms with Gasteiger partial charge in [-0.25, -0.2) is 4.79 Å². The number of benzene rings is 2. The van der Waals surface area contributed by atoms with Gasteiger partial charge >= 0.3 is 6.09 Å². The van der Waals surface area contributed by atoms with Crippen molar-refractivity contribution >= 4 is 23.8 Å². The first-order chi connectivity index (χ1) is 13.6. The van der Waals surface area contributed by atoms with E-state index in [1.54, 1.807) is 0 Å². The molecule has 0 unspecified atom stereocenters. The highest BCUT2D eigenvalue weighted by atomic mass is 32.2. The summed E-state index contributed by atoms with van der Waals surface area (Å²) in [5, 5.41) is 2.97. The number of nitrogens with zero attached hydrogens (tertiary/aromatic N) is 1. The van der Waals surface area contributed by atoms with Gasteiger partial charge < -0.3 is 15.0 Å². The van der Waals surface area contributed by atoms with Crippen LogP contribution >= 0.6 is 11.8 Å². The van der Waals surface area contributed by atoms with Gasteiger partial charge in [-0.2, -0.15) is 11.8 Å². The first-order valence-electron chi connectivity index (χ1n) is 9.53. The molecule has 0 spiro atoms. The summed E-state index contributed by atoms with van der Waals surface area (Å²) in [7, 11) is 0. The van der Waals surface area contributed by atoms with E-state index in [9.17, 15) is 9.59 Å². The van der Waals surface area contributed by atoms with E-state index in [0.717, 1.165) is 17.7 Å². The summed E-state index contributed by atoms with van der Waals surface area (Å²) in [6.07, 6.45) is 0.346. The maximum Gasteiger partial charge on any atom is 0.407 e. The molecular formula is C22H26N2O3S. The summed E-state index contributed by atoms with van der Waals surface area (Å²) >= 11 is 1.90. The summed E-state index contributed by atoms with van der Waals surface area (Å²) in [6, 6.07) is 17.9. The van der Waals surface area contributed by atoms with Gasteiger partial charge in [-0.05, 0) is 30.0 Å². The highest BCUT2D eigenvalue weighted by molar-refractivity contribution is 7.99. The van der Waals surface area contributed by atoms with E-state index < -0.39 is 6.09 Å². The van der Waals surface area contributed by atoms with Crippen molar-refractivity contribution in [1.82, 2.24) is 10.2 Å². The van der Waals surface area contributed by atoms with Crippen LogP contribution in [0.4, 0.5) is 4.79 Å². The molecule has 5 nitrogen and oxygen atoms in total. The summed E-state index contributed by atoms with van der Waals surface area (Å²) in [6.45, 7) is 3.69. The van der Waals surface area contributed by atoms with E-state index in [1.807, 2.05) is 47.0 Å². The van der Waals surface area contributed by atoms with Crippen molar-refractivity contribution in [2.45, 2.75) is 25.2 Å². The molecule has 1 aliphatic rings. The molecule has 148 valence electrons. The normalized spacial score (nSPS) is 16.9. The van der Waals surface area contributed by atoms with Crippen molar-refractivity contribution in [3.8, 4) is 0 Å². The molecule has 1 N–H and O–H groups in total. The van der Waals surface area contributed by atoms with E-state index in [-0.39, 0.29) is 19.1 Å². The molecule has 28 heavy (non-hydrogen) atoms. The van der Waals surface area contributed by atoms with Gasteiger partial charge in [0.05, 0.1) is 0 Å². The SMILES string of the molecule is Cc1ccccc1[C@H]1CCN(C(=O)CNC(=O)OCc2ccccc2)CCS1. The largest absolute Gasteiger partial charge is 0.445 e. The highest BCUT2D eigenvalue weighted by Crippen LogP contribution is 2.35. The zero-order valence-electron chi connectivity index (χ0n) is 16.1. The quantitative estimate of drug-likeness (QED) is 0.829. The monoisotopic (exact) mass is 398 g/mol. The van der Waals surface area contributed by atoms with Crippen LogP contribution in [0.1, 0.15) is 28.4 Å². The van der Waals surface area contributed by atoms with Gasteiger partial charge in [-0.3, -0.25) is 4.79 Å². The standard InChI is InChI=1S/C22H26N2O3S/c1-17-7-5-6-10-19(17)20-11-12-24(13-14-28-20)21(25)15-23-22(26)27-16-18-8-3-2-4-9-18/h2-10,20H,11-16H2,1H3,(H,23,26)/t20-/m1/s1. The molecular weight excluding hydrogens is 372 g/mol. The third kappa shape index (κ3) is 5.76. The van der Waals surface area contributed by atoms with Crippen LogP contribution in [0.5, 0.6) is 0 Å². The number of hydrogen-bond donors (Lipinski definition) is 1. The number of rotatable bonds is 5. The molecule has 2 aromatic rings. The van der Waals surface area contributed by atoms with Crippen LogP contribution in [0.25, 0.3) is 0 Å². The number of carbonyl (C=O) groups excluding carboxylic acids is 2. The fourth-order valence-electron chi connectivity index (χ4n) is 3.25. The predicted octanol–water partition coefficient (Wildman–Crippen LogP) is 3.93. The van der Waals surface area contributed by atoms with Gasteiger partial charge in [0, 0.05) is 24.1 Å². The van der Waals surface area contributed by atoms with E-state index in [0.29, 0.717) is 18.3 Å². The average molecular weight is 399 g/mol. The minimum atomic E-state index is -0.570. The van der Waals surface area contributed by atoms with Crippen LogP contribution in [0.2, 0.25) is 0 Å². The van der Waals surface area contributed by atoms with Gasteiger partial charge in [0.25, 0.3) is 0 Å². The Morgan fingerprint density at radius 2 is 1.86 bits per heavy atom. The Balaban J connectivity index is 1.43. The van der Waals surface area contributed by atoms with Gasteiger partial charge in [0.1, 0.15) is 13.2 Å². The maximum absolute atomic E-state index is 12.5. The second kappa shape index (κ2) is 10.2. The van der Waals surface area contributed by atoms with Crippen LogP contribution in [0, 0.1) is 6.92 Å². The zero-order chi connectivity index (χ0) is 19.8. The Kier molecular flexibility index (Phi) is 7.37. The molecule has 0 aromatic heterocycles. The molecule has 0 aliphatic carbocycles. The molecule has 1 heterocycles. The molecule has 6 heteroatoms. The Hall–Kier alpha value is -2.47. The van der Waals surface area contributed by atoms with E-state index in [4.69, 9.17) is 4.74 Å². The van der Waals surface area contributed by atoms with Crippen molar-refractivity contribution in [2.24, 2.45) is 0 Å².